The first-order valence-electron chi connectivity index (χ1n) is 5.96. The Balaban J connectivity index is 2.24. The van der Waals surface area contributed by atoms with E-state index in [-0.39, 0.29) is 29.4 Å². The van der Waals surface area contributed by atoms with Gasteiger partial charge in [0.25, 0.3) is 5.91 Å². The molecule has 0 bridgehead atoms. The van der Waals surface area contributed by atoms with Gasteiger partial charge in [-0.25, -0.2) is 9.78 Å². The van der Waals surface area contributed by atoms with Gasteiger partial charge >= 0.3 is 5.97 Å². The van der Waals surface area contributed by atoms with Crippen molar-refractivity contribution in [1.82, 2.24) is 9.88 Å². The highest BCUT2D eigenvalue weighted by atomic mass is 16.4. The van der Waals surface area contributed by atoms with Crippen molar-refractivity contribution in [3.8, 4) is 0 Å². The highest BCUT2D eigenvalue weighted by Crippen LogP contribution is 2.20. The Labute approximate surface area is 114 Å². The summed E-state index contributed by atoms with van der Waals surface area (Å²) in [5, 5.41) is 11.9. The average molecular weight is 278 g/mol. The zero-order chi connectivity index (χ0) is 14.9. The number of nitrogens with zero attached hydrogens (tertiary/aromatic N) is 2. The number of hydrogen-bond acceptors (Lipinski definition) is 6. The van der Waals surface area contributed by atoms with Crippen LogP contribution in [0.15, 0.2) is 12.3 Å². The summed E-state index contributed by atoms with van der Waals surface area (Å²) in [6.45, 7) is 0. The predicted octanol–water partition coefficient (Wildman–Crippen LogP) is -0.0787. The van der Waals surface area contributed by atoms with Crippen LogP contribution in [-0.4, -0.2) is 45.9 Å². The fourth-order valence-electron chi connectivity index (χ4n) is 1.97. The third-order valence-electron chi connectivity index (χ3n) is 3.10. The fourth-order valence-corrected chi connectivity index (χ4v) is 1.97. The summed E-state index contributed by atoms with van der Waals surface area (Å²) < 4.78 is 0. The number of aromatic carboxylic acids is 1. The van der Waals surface area contributed by atoms with E-state index in [9.17, 15) is 14.4 Å². The van der Waals surface area contributed by atoms with E-state index < -0.39 is 17.9 Å². The number of likely N-dealkylation sites (tertiary alicyclic amines) is 1. The normalized spacial score (nSPS) is 19.1. The van der Waals surface area contributed by atoms with Crippen molar-refractivity contribution >= 4 is 29.3 Å². The van der Waals surface area contributed by atoms with Gasteiger partial charge in [-0.3, -0.25) is 14.5 Å². The van der Waals surface area contributed by atoms with E-state index in [2.05, 4.69) is 10.3 Å². The Morgan fingerprint density at radius 3 is 2.90 bits per heavy atom. The lowest BCUT2D eigenvalue weighted by Gasteiger charge is -2.28. The molecule has 2 rings (SSSR count). The van der Waals surface area contributed by atoms with Crippen molar-refractivity contribution in [3.05, 3.63) is 17.8 Å². The molecule has 20 heavy (non-hydrogen) atoms. The van der Waals surface area contributed by atoms with Crippen LogP contribution >= 0.6 is 0 Å². The standard InChI is InChI=1S/C12H14N4O4/c1-16-9(17)3-2-8(11(16)18)15-10-7(12(19)20)4-6(13)5-14-10/h4-5,8H,2-3,13H2,1H3,(H,14,15)(H,19,20). The van der Waals surface area contributed by atoms with E-state index >= 15 is 0 Å². The summed E-state index contributed by atoms with van der Waals surface area (Å²) >= 11 is 0. The highest BCUT2D eigenvalue weighted by Gasteiger charge is 2.32. The highest BCUT2D eigenvalue weighted by molar-refractivity contribution is 6.02. The molecule has 0 aromatic carbocycles. The number of piperidine rings is 1. The monoisotopic (exact) mass is 278 g/mol. The molecular formula is C12H14N4O4. The van der Waals surface area contributed by atoms with Gasteiger partial charge in [0.2, 0.25) is 5.91 Å². The van der Waals surface area contributed by atoms with Crippen LogP contribution in [0.25, 0.3) is 0 Å². The van der Waals surface area contributed by atoms with Gasteiger partial charge in [0, 0.05) is 13.5 Å². The molecule has 1 aliphatic rings. The molecule has 0 aliphatic carbocycles. The maximum Gasteiger partial charge on any atom is 0.339 e. The minimum Gasteiger partial charge on any atom is -0.478 e. The number of nitrogens with one attached hydrogen (secondary N) is 1. The third-order valence-corrected chi connectivity index (χ3v) is 3.10. The fraction of sp³-hybridized carbons (Fsp3) is 0.333. The smallest absolute Gasteiger partial charge is 0.339 e. The number of rotatable bonds is 3. The van der Waals surface area contributed by atoms with Crippen LogP contribution in [0.4, 0.5) is 11.5 Å². The number of hydrogen-bond donors (Lipinski definition) is 3. The third kappa shape index (κ3) is 2.53. The SMILES string of the molecule is CN1C(=O)CCC(Nc2ncc(N)cc2C(=O)O)C1=O. The zero-order valence-electron chi connectivity index (χ0n) is 10.8. The summed E-state index contributed by atoms with van der Waals surface area (Å²) in [5.74, 6) is -1.79. The number of carboxylic acids is 1. The number of carboxylic acid groups (broad SMARTS) is 1. The molecule has 0 spiro atoms. The van der Waals surface area contributed by atoms with Crippen molar-refractivity contribution in [2.45, 2.75) is 18.9 Å². The van der Waals surface area contributed by atoms with Crippen molar-refractivity contribution in [1.29, 1.82) is 0 Å². The first-order chi connectivity index (χ1) is 9.40. The minimum atomic E-state index is -1.19. The molecule has 1 atom stereocenters. The number of carbonyl (C=O) groups is 3. The molecule has 8 nitrogen and oxygen atoms in total. The number of carbonyl (C=O) groups excluding carboxylic acids is 2. The van der Waals surface area contributed by atoms with Gasteiger partial charge in [0.05, 0.1) is 11.9 Å². The molecule has 8 heteroatoms. The first kappa shape index (κ1) is 13.8. The molecule has 1 aromatic heterocycles. The molecule has 1 aromatic rings. The van der Waals surface area contributed by atoms with Crippen LogP contribution in [-0.2, 0) is 9.59 Å². The van der Waals surface area contributed by atoms with E-state index in [0.717, 1.165) is 4.90 Å². The van der Waals surface area contributed by atoms with Crippen LogP contribution in [0.3, 0.4) is 0 Å². The quantitative estimate of drug-likeness (QED) is 0.660. The number of anilines is 2. The van der Waals surface area contributed by atoms with Crippen LogP contribution in [0.5, 0.6) is 0 Å². The summed E-state index contributed by atoms with van der Waals surface area (Å²) in [5.41, 5.74) is 5.60. The Bertz CT molecular complexity index is 587. The predicted molar refractivity (Wildman–Crippen MR) is 70.0 cm³/mol. The van der Waals surface area contributed by atoms with Crippen LogP contribution in [0.2, 0.25) is 0 Å². The number of nitrogens with two attached hydrogens (primary N) is 1. The van der Waals surface area contributed by atoms with Gasteiger partial charge in [-0.15, -0.1) is 0 Å². The van der Waals surface area contributed by atoms with Crippen LogP contribution < -0.4 is 11.1 Å². The molecular weight excluding hydrogens is 264 g/mol. The summed E-state index contributed by atoms with van der Waals surface area (Å²) in [4.78, 5) is 39.4. The molecule has 1 fully saturated rings. The lowest BCUT2D eigenvalue weighted by Crippen LogP contribution is -2.48. The molecule has 4 N–H and O–H groups in total. The maximum atomic E-state index is 11.9. The van der Waals surface area contributed by atoms with Crippen molar-refractivity contribution in [2.75, 3.05) is 18.1 Å². The second kappa shape index (κ2) is 5.16. The number of aromatic nitrogens is 1. The van der Waals surface area contributed by atoms with E-state index in [1.165, 1.54) is 19.3 Å². The largest absolute Gasteiger partial charge is 0.478 e. The average Bonchev–Trinajstić information content (AvgIpc) is 2.41. The zero-order valence-corrected chi connectivity index (χ0v) is 10.8. The van der Waals surface area contributed by atoms with Gasteiger partial charge in [0.1, 0.15) is 17.4 Å². The van der Waals surface area contributed by atoms with Crippen LogP contribution in [0, 0.1) is 0 Å². The second-order valence-electron chi connectivity index (χ2n) is 4.50. The Hall–Kier alpha value is -2.64. The first-order valence-corrected chi connectivity index (χ1v) is 5.96. The summed E-state index contributed by atoms with van der Waals surface area (Å²) in [6.07, 6.45) is 1.82. The lowest BCUT2D eigenvalue weighted by molar-refractivity contribution is -0.146. The van der Waals surface area contributed by atoms with Crippen LogP contribution in [0.1, 0.15) is 23.2 Å². The van der Waals surface area contributed by atoms with Gasteiger partial charge < -0.3 is 16.2 Å². The van der Waals surface area contributed by atoms with E-state index in [4.69, 9.17) is 10.8 Å². The molecule has 1 aliphatic heterocycles. The lowest BCUT2D eigenvalue weighted by atomic mass is 10.0. The number of pyridine rings is 1. The van der Waals surface area contributed by atoms with Gasteiger partial charge in [-0.2, -0.15) is 0 Å². The van der Waals surface area contributed by atoms with E-state index in [0.29, 0.717) is 6.42 Å². The molecule has 0 saturated carbocycles. The van der Waals surface area contributed by atoms with Gasteiger partial charge in [-0.1, -0.05) is 0 Å². The Morgan fingerprint density at radius 1 is 1.55 bits per heavy atom. The summed E-state index contributed by atoms with van der Waals surface area (Å²) in [7, 11) is 1.40. The van der Waals surface area contributed by atoms with Crippen molar-refractivity contribution in [3.63, 3.8) is 0 Å². The molecule has 2 amide bonds. The minimum absolute atomic E-state index is 0.0628. The van der Waals surface area contributed by atoms with Gasteiger partial charge in [-0.05, 0) is 12.5 Å². The van der Waals surface area contributed by atoms with Crippen molar-refractivity contribution in [2.24, 2.45) is 0 Å². The topological polar surface area (TPSA) is 126 Å². The molecule has 0 radical (unpaired) electrons. The number of imide groups is 1. The Morgan fingerprint density at radius 2 is 2.25 bits per heavy atom. The van der Waals surface area contributed by atoms with E-state index in [1.54, 1.807) is 0 Å². The molecule has 1 saturated heterocycles. The number of likely N-dealkylation sites (N-methyl/N-ethyl adjacent to an activating group) is 1. The summed E-state index contributed by atoms with van der Waals surface area (Å²) in [6, 6.07) is 0.590. The molecule has 2 heterocycles. The second-order valence-corrected chi connectivity index (χ2v) is 4.50. The van der Waals surface area contributed by atoms with Gasteiger partial charge in [0.15, 0.2) is 0 Å². The van der Waals surface area contributed by atoms with Crippen molar-refractivity contribution < 1.29 is 19.5 Å². The molecule has 1 unspecified atom stereocenters. The number of nitrogen functional groups attached to an aromatic ring is 1. The molecule has 106 valence electrons. The Kier molecular flexibility index (Phi) is 3.55. The maximum absolute atomic E-state index is 11.9. The number of amides is 2. The van der Waals surface area contributed by atoms with E-state index in [1.807, 2.05) is 0 Å².